The van der Waals surface area contributed by atoms with Crippen molar-refractivity contribution in [1.29, 1.82) is 0 Å². The van der Waals surface area contributed by atoms with Gasteiger partial charge in [-0.05, 0) is 51.5 Å². The molecule has 0 saturated carbocycles. The fourth-order valence-electron chi connectivity index (χ4n) is 1.91. The van der Waals surface area contributed by atoms with Gasteiger partial charge in [-0.25, -0.2) is 8.42 Å². The molecule has 0 aliphatic carbocycles. The van der Waals surface area contributed by atoms with Crippen LogP contribution in [0.2, 0.25) is 5.02 Å². The molecular weight excluding hydrogens is 314 g/mol. The average molecular weight is 334 g/mol. The van der Waals surface area contributed by atoms with E-state index in [9.17, 15) is 13.2 Å². The third-order valence-electron chi connectivity index (χ3n) is 2.89. The monoisotopic (exact) mass is 333 g/mol. The van der Waals surface area contributed by atoms with Crippen molar-refractivity contribution in [3.8, 4) is 0 Å². The Balaban J connectivity index is 3.19. The Bertz CT molecular complexity index is 613. The van der Waals surface area contributed by atoms with E-state index < -0.39 is 16.0 Å². The van der Waals surface area contributed by atoms with Crippen LogP contribution in [0.15, 0.2) is 23.1 Å². The highest BCUT2D eigenvalue weighted by atomic mass is 35.5. The number of carbonyl (C=O) groups is 1. The van der Waals surface area contributed by atoms with Crippen LogP contribution in [0.25, 0.3) is 0 Å². The maximum atomic E-state index is 12.7. The van der Waals surface area contributed by atoms with Gasteiger partial charge in [0, 0.05) is 11.1 Å². The summed E-state index contributed by atoms with van der Waals surface area (Å²) in [6.07, 6.45) is 0. The van der Waals surface area contributed by atoms with Gasteiger partial charge in [-0.2, -0.15) is 4.31 Å². The molecule has 0 saturated heterocycles. The number of sulfonamides is 1. The van der Waals surface area contributed by atoms with Gasteiger partial charge in [0.05, 0.1) is 11.5 Å². The molecule has 118 valence electrons. The number of aryl methyl sites for hydroxylation is 1. The summed E-state index contributed by atoms with van der Waals surface area (Å²) >= 11 is 5.85. The Labute approximate surface area is 130 Å². The van der Waals surface area contributed by atoms with Crippen molar-refractivity contribution in [2.75, 3.05) is 13.2 Å². The van der Waals surface area contributed by atoms with Gasteiger partial charge in [0.2, 0.25) is 10.0 Å². The van der Waals surface area contributed by atoms with Crippen molar-refractivity contribution in [3.63, 3.8) is 0 Å². The summed E-state index contributed by atoms with van der Waals surface area (Å²) in [5, 5.41) is 0.466. The van der Waals surface area contributed by atoms with E-state index in [1.807, 2.05) is 0 Å². The van der Waals surface area contributed by atoms with Crippen LogP contribution in [-0.2, 0) is 19.6 Å². The Morgan fingerprint density at radius 3 is 2.48 bits per heavy atom. The van der Waals surface area contributed by atoms with Gasteiger partial charge in [-0.3, -0.25) is 4.79 Å². The van der Waals surface area contributed by atoms with Crippen molar-refractivity contribution in [2.45, 2.75) is 38.6 Å². The Kier molecular flexibility index (Phi) is 6.19. The second kappa shape index (κ2) is 7.24. The van der Waals surface area contributed by atoms with Crippen LogP contribution >= 0.6 is 11.6 Å². The Hall–Kier alpha value is -1.11. The Morgan fingerprint density at radius 2 is 2.00 bits per heavy atom. The molecule has 5 nitrogen and oxygen atoms in total. The minimum absolute atomic E-state index is 0.143. The lowest BCUT2D eigenvalue weighted by molar-refractivity contribution is -0.143. The molecule has 0 heterocycles. The largest absolute Gasteiger partial charge is 0.465 e. The van der Waals surface area contributed by atoms with Crippen LogP contribution in [-0.4, -0.2) is 37.9 Å². The molecule has 0 radical (unpaired) electrons. The van der Waals surface area contributed by atoms with E-state index in [-0.39, 0.29) is 24.1 Å². The lowest BCUT2D eigenvalue weighted by Crippen LogP contribution is -2.41. The average Bonchev–Trinajstić information content (AvgIpc) is 2.35. The second-order valence-corrected chi connectivity index (χ2v) is 7.15. The van der Waals surface area contributed by atoms with E-state index in [4.69, 9.17) is 16.3 Å². The maximum Gasteiger partial charge on any atom is 0.321 e. The molecule has 0 fully saturated rings. The van der Waals surface area contributed by atoms with E-state index in [2.05, 4.69) is 0 Å². The molecule has 0 atom stereocenters. The van der Waals surface area contributed by atoms with Crippen LogP contribution in [0.3, 0.4) is 0 Å². The normalized spacial score (nSPS) is 12.0. The number of benzene rings is 1. The first-order chi connectivity index (χ1) is 9.70. The first-order valence-corrected chi connectivity index (χ1v) is 8.45. The third kappa shape index (κ3) is 4.43. The molecule has 1 rings (SSSR count). The summed E-state index contributed by atoms with van der Waals surface area (Å²) in [6.45, 7) is 6.67. The number of hydrogen-bond acceptors (Lipinski definition) is 4. The standard InChI is InChI=1S/C14H20ClNO4S/c1-5-20-14(17)9-16(10(2)3)21(18,19)13-7-6-12(15)8-11(13)4/h6-8,10H,5,9H2,1-4H3. The molecule has 21 heavy (non-hydrogen) atoms. The summed E-state index contributed by atoms with van der Waals surface area (Å²) in [6, 6.07) is 4.18. The molecule has 0 unspecified atom stereocenters. The molecule has 0 N–H and O–H groups in total. The molecule has 0 aliphatic heterocycles. The van der Waals surface area contributed by atoms with Gasteiger partial charge in [-0.15, -0.1) is 0 Å². The lowest BCUT2D eigenvalue weighted by Gasteiger charge is -2.25. The van der Waals surface area contributed by atoms with Crippen LogP contribution in [0, 0.1) is 6.92 Å². The molecule has 0 spiro atoms. The van der Waals surface area contributed by atoms with Gasteiger partial charge in [0.15, 0.2) is 0 Å². The smallest absolute Gasteiger partial charge is 0.321 e. The topological polar surface area (TPSA) is 63.7 Å². The molecular formula is C14H20ClNO4S. The molecule has 0 aliphatic rings. The zero-order chi connectivity index (χ0) is 16.2. The SMILES string of the molecule is CCOC(=O)CN(C(C)C)S(=O)(=O)c1ccc(Cl)cc1C. The molecule has 0 aromatic heterocycles. The molecule has 0 bridgehead atoms. The van der Waals surface area contributed by atoms with Crippen molar-refractivity contribution >= 4 is 27.6 Å². The number of halogens is 1. The van der Waals surface area contributed by atoms with Crippen LogP contribution in [0.1, 0.15) is 26.3 Å². The molecule has 1 aromatic rings. The summed E-state index contributed by atoms with van der Waals surface area (Å²) in [5.74, 6) is -0.568. The summed E-state index contributed by atoms with van der Waals surface area (Å²) in [7, 11) is -3.79. The summed E-state index contributed by atoms with van der Waals surface area (Å²) in [5.41, 5.74) is 0.539. The Morgan fingerprint density at radius 1 is 1.38 bits per heavy atom. The first kappa shape index (κ1) is 17.9. The van der Waals surface area contributed by atoms with E-state index >= 15 is 0 Å². The van der Waals surface area contributed by atoms with Gasteiger partial charge in [-0.1, -0.05) is 11.6 Å². The fourth-order valence-corrected chi connectivity index (χ4v) is 3.92. The molecule has 7 heteroatoms. The fraction of sp³-hybridized carbons (Fsp3) is 0.500. The number of hydrogen-bond donors (Lipinski definition) is 0. The molecule has 0 amide bonds. The number of carbonyl (C=O) groups excluding carboxylic acids is 1. The van der Waals surface area contributed by atoms with Crippen molar-refractivity contribution in [1.82, 2.24) is 4.31 Å². The van der Waals surface area contributed by atoms with Crippen molar-refractivity contribution in [3.05, 3.63) is 28.8 Å². The zero-order valence-electron chi connectivity index (χ0n) is 12.6. The highest BCUT2D eigenvalue weighted by Crippen LogP contribution is 2.24. The van der Waals surface area contributed by atoms with Gasteiger partial charge >= 0.3 is 5.97 Å². The summed E-state index contributed by atoms with van der Waals surface area (Å²) < 4.78 is 31.4. The van der Waals surface area contributed by atoms with Crippen molar-refractivity contribution < 1.29 is 17.9 Å². The highest BCUT2D eigenvalue weighted by molar-refractivity contribution is 7.89. The van der Waals surface area contributed by atoms with E-state index in [1.165, 1.54) is 12.1 Å². The van der Waals surface area contributed by atoms with E-state index in [0.29, 0.717) is 10.6 Å². The number of nitrogens with zero attached hydrogens (tertiary/aromatic N) is 1. The van der Waals surface area contributed by atoms with Gasteiger partial charge < -0.3 is 4.74 Å². The number of rotatable bonds is 6. The predicted molar refractivity (Wildman–Crippen MR) is 81.8 cm³/mol. The predicted octanol–water partition coefficient (Wildman–Crippen LogP) is 2.61. The quantitative estimate of drug-likeness (QED) is 0.751. The molecule has 1 aromatic carbocycles. The maximum absolute atomic E-state index is 12.7. The minimum atomic E-state index is -3.79. The van der Waals surface area contributed by atoms with Crippen molar-refractivity contribution in [2.24, 2.45) is 0 Å². The van der Waals surface area contributed by atoms with Gasteiger partial charge in [0.1, 0.15) is 6.54 Å². The summed E-state index contributed by atoms with van der Waals surface area (Å²) in [4.78, 5) is 11.8. The second-order valence-electron chi connectivity index (χ2n) is 4.86. The van der Waals surface area contributed by atoms with Gasteiger partial charge in [0.25, 0.3) is 0 Å². The van der Waals surface area contributed by atoms with Crippen LogP contribution in [0.5, 0.6) is 0 Å². The highest BCUT2D eigenvalue weighted by Gasteiger charge is 2.30. The van der Waals surface area contributed by atoms with E-state index in [1.54, 1.807) is 33.8 Å². The van der Waals surface area contributed by atoms with E-state index in [0.717, 1.165) is 4.31 Å². The zero-order valence-corrected chi connectivity index (χ0v) is 14.2. The van der Waals surface area contributed by atoms with Crippen LogP contribution < -0.4 is 0 Å². The number of esters is 1. The third-order valence-corrected chi connectivity index (χ3v) is 5.31. The number of ether oxygens (including phenoxy) is 1. The lowest BCUT2D eigenvalue weighted by atomic mass is 10.2. The van der Waals surface area contributed by atoms with Crippen LogP contribution in [0.4, 0.5) is 0 Å². The minimum Gasteiger partial charge on any atom is -0.465 e. The first-order valence-electron chi connectivity index (χ1n) is 6.63.